The third-order valence-electron chi connectivity index (χ3n) is 1.81. The summed E-state index contributed by atoms with van der Waals surface area (Å²) in [4.78, 5) is 21.3. The number of benzene rings is 1. The number of carboxylic acids is 1. The predicted octanol–water partition coefficient (Wildman–Crippen LogP) is 1.00. The summed E-state index contributed by atoms with van der Waals surface area (Å²) in [5, 5.41) is 12.6. The maximum absolute atomic E-state index is 11.2. The Morgan fingerprint density at radius 1 is 1.38 bits per heavy atom. The minimum absolute atomic E-state index is 0.514. The molecule has 0 aliphatic heterocycles. The molecule has 0 fully saturated rings. The summed E-state index contributed by atoms with van der Waals surface area (Å²) in [6.45, 7) is 1.92. The minimum Gasteiger partial charge on any atom is -0.545 e. The molecule has 1 amide bonds. The summed E-state index contributed by atoms with van der Waals surface area (Å²) in [6.07, 6.45) is 1.58. The van der Waals surface area contributed by atoms with Crippen LogP contribution in [0.4, 0.5) is 5.69 Å². The number of hydrogen-bond acceptors (Lipinski definition) is 3. The van der Waals surface area contributed by atoms with Crippen LogP contribution < -0.4 is 10.4 Å². The van der Waals surface area contributed by atoms with Gasteiger partial charge in [-0.25, -0.2) is 0 Å². The molecular weight excluding hydrogens is 274 g/mol. The molecule has 1 aromatic rings. The van der Waals surface area contributed by atoms with Gasteiger partial charge in [0.05, 0.1) is 5.97 Å². The first-order valence-corrected chi connectivity index (χ1v) is 5.24. The normalized spacial score (nSPS) is 10.4. The lowest BCUT2D eigenvalue weighted by atomic mass is 10.2. The van der Waals surface area contributed by atoms with Crippen molar-refractivity contribution in [1.29, 1.82) is 0 Å². The number of aliphatic carboxylic acids is 1. The molecule has 84 valence electrons. The summed E-state index contributed by atoms with van der Waals surface area (Å²) < 4.78 is 0.870. The van der Waals surface area contributed by atoms with Gasteiger partial charge in [-0.05, 0) is 30.7 Å². The Morgan fingerprint density at radius 2 is 2.06 bits per heavy atom. The number of carbonyl (C=O) groups is 2. The van der Waals surface area contributed by atoms with Crippen LogP contribution in [0.25, 0.3) is 0 Å². The molecule has 5 heteroatoms. The first kappa shape index (κ1) is 12.4. The molecule has 1 aromatic carbocycles. The smallest absolute Gasteiger partial charge is 0.248 e. The number of hydrogen-bond donors (Lipinski definition) is 1. The van der Waals surface area contributed by atoms with E-state index >= 15 is 0 Å². The van der Waals surface area contributed by atoms with E-state index in [1.54, 1.807) is 12.1 Å². The maximum Gasteiger partial charge on any atom is 0.248 e. The Balaban J connectivity index is 2.70. The molecule has 0 spiro atoms. The molecule has 1 rings (SSSR count). The molecule has 4 nitrogen and oxygen atoms in total. The van der Waals surface area contributed by atoms with E-state index in [1.807, 2.05) is 13.0 Å². The fourth-order valence-corrected chi connectivity index (χ4v) is 1.38. The van der Waals surface area contributed by atoms with Gasteiger partial charge >= 0.3 is 0 Å². The van der Waals surface area contributed by atoms with Gasteiger partial charge < -0.3 is 15.2 Å². The Kier molecular flexibility index (Phi) is 4.25. The molecule has 0 bridgehead atoms. The molecule has 0 saturated heterocycles. The summed E-state index contributed by atoms with van der Waals surface area (Å²) >= 11 is 3.32. The van der Waals surface area contributed by atoms with Crippen molar-refractivity contribution in [3.05, 3.63) is 40.4 Å². The number of halogens is 1. The number of carbonyl (C=O) groups excluding carboxylic acids is 2. The van der Waals surface area contributed by atoms with Crippen LogP contribution in [0.3, 0.4) is 0 Å². The Hall–Kier alpha value is -1.62. The summed E-state index contributed by atoms with van der Waals surface area (Å²) in [5.74, 6) is -1.92. The zero-order valence-corrected chi connectivity index (χ0v) is 10.1. The molecule has 0 heterocycles. The van der Waals surface area contributed by atoms with Gasteiger partial charge in [-0.3, -0.25) is 4.79 Å². The van der Waals surface area contributed by atoms with Gasteiger partial charge in [-0.2, -0.15) is 0 Å². The fourth-order valence-electron chi connectivity index (χ4n) is 0.998. The monoisotopic (exact) mass is 282 g/mol. The Bertz CT molecular complexity index is 455. The van der Waals surface area contributed by atoms with Crippen LogP contribution in [0, 0.1) is 6.92 Å². The summed E-state index contributed by atoms with van der Waals surface area (Å²) in [5.41, 5.74) is 1.63. The van der Waals surface area contributed by atoms with Crippen molar-refractivity contribution >= 4 is 33.5 Å². The quantitative estimate of drug-likeness (QED) is 0.841. The lowest BCUT2D eigenvalue weighted by molar-refractivity contribution is -0.297. The largest absolute Gasteiger partial charge is 0.545 e. The lowest BCUT2D eigenvalue weighted by Crippen LogP contribution is -2.20. The number of rotatable bonds is 3. The SMILES string of the molecule is Cc1ccc(NC(=O)C=CC(=O)[O-])cc1Br. The second-order valence-electron chi connectivity index (χ2n) is 3.11. The van der Waals surface area contributed by atoms with E-state index in [4.69, 9.17) is 0 Å². The third-order valence-corrected chi connectivity index (χ3v) is 2.66. The standard InChI is InChI=1S/C11H10BrNO3/c1-7-2-3-8(6-9(7)12)13-10(14)4-5-11(15)16/h2-6H,1H3,(H,13,14)(H,15,16)/p-1. The highest BCUT2D eigenvalue weighted by Gasteiger charge is 2.00. The van der Waals surface area contributed by atoms with Gasteiger partial charge in [0.15, 0.2) is 0 Å². The molecule has 0 aromatic heterocycles. The molecule has 0 radical (unpaired) electrons. The number of anilines is 1. The van der Waals surface area contributed by atoms with Gasteiger partial charge in [0.1, 0.15) is 0 Å². The molecule has 0 aliphatic rings. The van der Waals surface area contributed by atoms with Crippen LogP contribution in [0.1, 0.15) is 5.56 Å². The van der Waals surface area contributed by atoms with E-state index < -0.39 is 11.9 Å². The highest BCUT2D eigenvalue weighted by Crippen LogP contribution is 2.20. The molecular formula is C11H9BrNO3-. The number of nitrogens with one attached hydrogen (secondary N) is 1. The second-order valence-corrected chi connectivity index (χ2v) is 3.96. The molecule has 0 atom stereocenters. The molecule has 16 heavy (non-hydrogen) atoms. The van der Waals surface area contributed by atoms with Crippen molar-refractivity contribution in [2.45, 2.75) is 6.92 Å². The topological polar surface area (TPSA) is 69.2 Å². The van der Waals surface area contributed by atoms with Crippen LogP contribution in [-0.4, -0.2) is 11.9 Å². The number of aryl methyl sites for hydroxylation is 1. The van der Waals surface area contributed by atoms with Gasteiger partial charge in [0.2, 0.25) is 5.91 Å². The summed E-state index contributed by atoms with van der Waals surface area (Å²) in [6, 6.07) is 5.30. The van der Waals surface area contributed by atoms with Crippen LogP contribution in [-0.2, 0) is 9.59 Å². The van der Waals surface area contributed by atoms with E-state index in [-0.39, 0.29) is 0 Å². The van der Waals surface area contributed by atoms with Crippen molar-refractivity contribution < 1.29 is 14.7 Å². The van der Waals surface area contributed by atoms with Crippen LogP contribution in [0.2, 0.25) is 0 Å². The van der Waals surface area contributed by atoms with Gasteiger partial charge in [0.25, 0.3) is 0 Å². The highest BCUT2D eigenvalue weighted by atomic mass is 79.9. The molecule has 1 N–H and O–H groups in total. The van der Waals surface area contributed by atoms with Crippen molar-refractivity contribution in [1.82, 2.24) is 0 Å². The van der Waals surface area contributed by atoms with E-state index in [1.165, 1.54) is 0 Å². The highest BCUT2D eigenvalue weighted by molar-refractivity contribution is 9.10. The Morgan fingerprint density at radius 3 is 2.62 bits per heavy atom. The van der Waals surface area contributed by atoms with Crippen LogP contribution in [0.5, 0.6) is 0 Å². The number of carboxylic acid groups (broad SMARTS) is 1. The number of amides is 1. The predicted molar refractivity (Wildman–Crippen MR) is 61.7 cm³/mol. The van der Waals surface area contributed by atoms with Crippen molar-refractivity contribution in [2.24, 2.45) is 0 Å². The first-order chi connectivity index (χ1) is 7.49. The van der Waals surface area contributed by atoms with Crippen molar-refractivity contribution in [3.63, 3.8) is 0 Å². The molecule has 0 saturated carbocycles. The van der Waals surface area contributed by atoms with Gasteiger partial charge in [0, 0.05) is 16.2 Å². The van der Waals surface area contributed by atoms with E-state index in [0.717, 1.165) is 16.1 Å². The van der Waals surface area contributed by atoms with E-state index in [2.05, 4.69) is 21.2 Å². The molecule has 0 aliphatic carbocycles. The lowest BCUT2D eigenvalue weighted by Gasteiger charge is -2.04. The van der Waals surface area contributed by atoms with E-state index in [0.29, 0.717) is 11.8 Å². The molecule has 0 unspecified atom stereocenters. The third kappa shape index (κ3) is 3.86. The van der Waals surface area contributed by atoms with E-state index in [9.17, 15) is 14.7 Å². The zero-order chi connectivity index (χ0) is 12.1. The first-order valence-electron chi connectivity index (χ1n) is 4.45. The Labute approximate surface area is 101 Å². The van der Waals surface area contributed by atoms with Crippen molar-refractivity contribution in [3.8, 4) is 0 Å². The van der Waals surface area contributed by atoms with Gasteiger partial charge in [-0.15, -0.1) is 0 Å². The fraction of sp³-hybridized carbons (Fsp3) is 0.0909. The summed E-state index contributed by atoms with van der Waals surface area (Å²) in [7, 11) is 0. The maximum atomic E-state index is 11.2. The average Bonchev–Trinajstić information content (AvgIpc) is 2.21. The van der Waals surface area contributed by atoms with Crippen LogP contribution in [0.15, 0.2) is 34.8 Å². The van der Waals surface area contributed by atoms with Crippen LogP contribution >= 0.6 is 15.9 Å². The second kappa shape index (κ2) is 5.46. The van der Waals surface area contributed by atoms with Crippen molar-refractivity contribution in [2.75, 3.05) is 5.32 Å². The zero-order valence-electron chi connectivity index (χ0n) is 8.49. The minimum atomic E-state index is -1.40. The average molecular weight is 283 g/mol. The van der Waals surface area contributed by atoms with Gasteiger partial charge in [-0.1, -0.05) is 22.0 Å².